The van der Waals surface area contributed by atoms with Crippen LogP contribution in [0.3, 0.4) is 0 Å². The average Bonchev–Trinajstić information content (AvgIpc) is 2.44. The summed E-state index contributed by atoms with van der Waals surface area (Å²) in [6.07, 6.45) is 1.48. The summed E-state index contributed by atoms with van der Waals surface area (Å²) < 4.78 is 15.9. The van der Waals surface area contributed by atoms with Crippen molar-refractivity contribution in [3.8, 4) is 11.5 Å². The smallest absolute Gasteiger partial charge is 0.341 e. The molecular formula is C15H16O5. The van der Waals surface area contributed by atoms with E-state index in [1.165, 1.54) is 13.0 Å². The van der Waals surface area contributed by atoms with Crippen LogP contribution in [0.2, 0.25) is 0 Å². The number of esters is 1. The van der Waals surface area contributed by atoms with Crippen molar-refractivity contribution in [3.63, 3.8) is 0 Å². The molecule has 0 bridgehead atoms. The number of fused-ring (bicyclic) bond motifs is 1. The lowest BCUT2D eigenvalue weighted by Gasteiger charge is -2.20. The van der Waals surface area contributed by atoms with Crippen molar-refractivity contribution in [2.45, 2.75) is 13.8 Å². The second-order valence-corrected chi connectivity index (χ2v) is 4.21. The van der Waals surface area contributed by atoms with Gasteiger partial charge in [-0.05, 0) is 26.0 Å². The zero-order valence-electron chi connectivity index (χ0n) is 11.5. The Kier molecular flexibility index (Phi) is 4.40. The van der Waals surface area contributed by atoms with E-state index in [0.29, 0.717) is 30.3 Å². The van der Waals surface area contributed by atoms with Crippen molar-refractivity contribution in [3.05, 3.63) is 29.3 Å². The lowest BCUT2D eigenvalue weighted by Crippen LogP contribution is -2.17. The van der Waals surface area contributed by atoms with E-state index < -0.39 is 5.97 Å². The Labute approximate surface area is 117 Å². The third-order valence-corrected chi connectivity index (χ3v) is 2.77. The SMILES string of the molecule is CCOC(=O)/C(=C\c1cccc2c1OCCO2)C(C)=O. The standard InChI is InChI=1S/C15H16O5/c1-3-18-15(17)12(10(2)16)9-11-5-4-6-13-14(11)20-8-7-19-13/h4-6,9H,3,7-8H2,1-2H3/b12-9-. The third kappa shape index (κ3) is 2.99. The van der Waals surface area contributed by atoms with Crippen LogP contribution in [0.15, 0.2) is 23.8 Å². The Morgan fingerprint density at radius 2 is 2.05 bits per heavy atom. The van der Waals surface area contributed by atoms with E-state index >= 15 is 0 Å². The third-order valence-electron chi connectivity index (χ3n) is 2.77. The Morgan fingerprint density at radius 1 is 1.30 bits per heavy atom. The zero-order chi connectivity index (χ0) is 14.5. The van der Waals surface area contributed by atoms with E-state index in [1.807, 2.05) is 0 Å². The van der Waals surface area contributed by atoms with Gasteiger partial charge in [0.15, 0.2) is 17.3 Å². The number of carbonyl (C=O) groups is 2. The molecule has 1 aromatic rings. The number of benzene rings is 1. The van der Waals surface area contributed by atoms with E-state index in [-0.39, 0.29) is 18.0 Å². The molecule has 1 aliphatic rings. The zero-order valence-corrected chi connectivity index (χ0v) is 11.5. The molecule has 1 heterocycles. The van der Waals surface area contributed by atoms with Crippen molar-refractivity contribution >= 4 is 17.8 Å². The van der Waals surface area contributed by atoms with Crippen LogP contribution in [0.5, 0.6) is 11.5 Å². The summed E-state index contributed by atoms with van der Waals surface area (Å²) in [6.45, 7) is 4.16. The first-order valence-electron chi connectivity index (χ1n) is 6.42. The van der Waals surface area contributed by atoms with Gasteiger partial charge < -0.3 is 14.2 Å². The summed E-state index contributed by atoms with van der Waals surface area (Å²) in [5.41, 5.74) is 0.620. The molecule has 0 fully saturated rings. The van der Waals surface area contributed by atoms with E-state index in [4.69, 9.17) is 14.2 Å². The van der Waals surface area contributed by atoms with Gasteiger partial charge >= 0.3 is 5.97 Å². The number of hydrogen-bond acceptors (Lipinski definition) is 5. The quantitative estimate of drug-likeness (QED) is 0.364. The highest BCUT2D eigenvalue weighted by Crippen LogP contribution is 2.34. The van der Waals surface area contributed by atoms with Gasteiger partial charge in [0.25, 0.3) is 0 Å². The fourth-order valence-electron chi connectivity index (χ4n) is 1.88. The van der Waals surface area contributed by atoms with Crippen LogP contribution < -0.4 is 9.47 Å². The molecule has 0 N–H and O–H groups in total. The molecule has 0 amide bonds. The van der Waals surface area contributed by atoms with Crippen LogP contribution >= 0.6 is 0 Å². The molecule has 2 rings (SSSR count). The number of hydrogen-bond donors (Lipinski definition) is 0. The molecule has 0 atom stereocenters. The van der Waals surface area contributed by atoms with E-state index in [2.05, 4.69) is 0 Å². The number of rotatable bonds is 4. The van der Waals surface area contributed by atoms with E-state index in [0.717, 1.165) is 0 Å². The van der Waals surface area contributed by atoms with Gasteiger partial charge in [-0.1, -0.05) is 12.1 Å². The fraction of sp³-hybridized carbons (Fsp3) is 0.333. The Balaban J connectivity index is 2.41. The maximum absolute atomic E-state index is 11.8. The number of carbonyl (C=O) groups excluding carboxylic acids is 2. The van der Waals surface area contributed by atoms with E-state index in [9.17, 15) is 9.59 Å². The molecule has 1 aromatic carbocycles. The molecule has 0 saturated heterocycles. The van der Waals surface area contributed by atoms with Gasteiger partial charge in [0.2, 0.25) is 0 Å². The molecular weight excluding hydrogens is 260 g/mol. The normalized spacial score (nSPS) is 13.8. The van der Waals surface area contributed by atoms with Gasteiger partial charge in [-0.2, -0.15) is 0 Å². The number of Topliss-reactive ketones (excluding diaryl/α,β-unsaturated/α-hetero) is 1. The minimum Gasteiger partial charge on any atom is -0.486 e. The molecule has 5 nitrogen and oxygen atoms in total. The van der Waals surface area contributed by atoms with Crippen LogP contribution in [0, 0.1) is 0 Å². The predicted molar refractivity (Wildman–Crippen MR) is 72.7 cm³/mol. The number of para-hydroxylation sites is 1. The molecule has 0 unspecified atom stereocenters. The van der Waals surface area contributed by atoms with Gasteiger partial charge in [-0.3, -0.25) is 4.79 Å². The Hall–Kier alpha value is -2.30. The fourth-order valence-corrected chi connectivity index (χ4v) is 1.88. The molecule has 5 heteroatoms. The van der Waals surface area contributed by atoms with Gasteiger partial charge in [0.1, 0.15) is 18.8 Å². The molecule has 0 aliphatic carbocycles. The second-order valence-electron chi connectivity index (χ2n) is 4.21. The summed E-state index contributed by atoms with van der Waals surface area (Å²) in [5, 5.41) is 0. The van der Waals surface area contributed by atoms with Crippen molar-refractivity contribution in [2.24, 2.45) is 0 Å². The lowest BCUT2D eigenvalue weighted by atomic mass is 10.1. The number of ether oxygens (including phenoxy) is 3. The topological polar surface area (TPSA) is 61.8 Å². The van der Waals surface area contributed by atoms with Crippen molar-refractivity contribution in [2.75, 3.05) is 19.8 Å². The molecule has 106 valence electrons. The molecule has 0 saturated carbocycles. The summed E-state index contributed by atoms with van der Waals surface area (Å²) in [6, 6.07) is 5.32. The predicted octanol–water partition coefficient (Wildman–Crippen LogP) is 1.99. The summed E-state index contributed by atoms with van der Waals surface area (Å²) in [5.74, 6) is 0.172. The van der Waals surface area contributed by atoms with Crippen molar-refractivity contribution < 1.29 is 23.8 Å². The number of ketones is 1. The average molecular weight is 276 g/mol. The van der Waals surface area contributed by atoms with Crippen LogP contribution in [-0.4, -0.2) is 31.6 Å². The van der Waals surface area contributed by atoms with Crippen LogP contribution in [0.25, 0.3) is 6.08 Å². The highest BCUT2D eigenvalue weighted by molar-refractivity contribution is 6.19. The first-order chi connectivity index (χ1) is 9.63. The highest BCUT2D eigenvalue weighted by atomic mass is 16.6. The minimum absolute atomic E-state index is 0.00516. The Morgan fingerprint density at radius 3 is 2.75 bits per heavy atom. The molecule has 0 aromatic heterocycles. The van der Waals surface area contributed by atoms with Gasteiger partial charge in [0.05, 0.1) is 6.61 Å². The molecule has 20 heavy (non-hydrogen) atoms. The van der Waals surface area contributed by atoms with E-state index in [1.54, 1.807) is 25.1 Å². The highest BCUT2D eigenvalue weighted by Gasteiger charge is 2.19. The van der Waals surface area contributed by atoms with Crippen LogP contribution in [-0.2, 0) is 14.3 Å². The van der Waals surface area contributed by atoms with Gasteiger partial charge in [0, 0.05) is 5.56 Å². The largest absolute Gasteiger partial charge is 0.486 e. The summed E-state index contributed by atoms with van der Waals surface area (Å²) in [4.78, 5) is 23.4. The summed E-state index contributed by atoms with van der Waals surface area (Å²) in [7, 11) is 0. The lowest BCUT2D eigenvalue weighted by molar-refractivity contribution is -0.139. The van der Waals surface area contributed by atoms with Crippen LogP contribution in [0.4, 0.5) is 0 Å². The first kappa shape index (κ1) is 14.1. The Bertz CT molecular complexity index is 559. The first-order valence-corrected chi connectivity index (χ1v) is 6.42. The summed E-state index contributed by atoms with van der Waals surface area (Å²) >= 11 is 0. The van der Waals surface area contributed by atoms with Crippen molar-refractivity contribution in [1.82, 2.24) is 0 Å². The van der Waals surface area contributed by atoms with Crippen molar-refractivity contribution in [1.29, 1.82) is 0 Å². The maximum atomic E-state index is 11.8. The van der Waals surface area contributed by atoms with Crippen LogP contribution in [0.1, 0.15) is 19.4 Å². The van der Waals surface area contributed by atoms with Gasteiger partial charge in [-0.15, -0.1) is 0 Å². The molecule has 0 spiro atoms. The monoisotopic (exact) mass is 276 g/mol. The molecule has 1 aliphatic heterocycles. The maximum Gasteiger partial charge on any atom is 0.341 e. The molecule has 0 radical (unpaired) electrons. The second kappa shape index (κ2) is 6.23. The van der Waals surface area contributed by atoms with Gasteiger partial charge in [-0.25, -0.2) is 4.79 Å². The minimum atomic E-state index is -0.630.